The molecule has 0 bridgehead atoms. The Bertz CT molecular complexity index is 469. The van der Waals surface area contributed by atoms with Crippen LogP contribution in [0.25, 0.3) is 0 Å². The lowest BCUT2D eigenvalue weighted by atomic mass is 10.1. The van der Waals surface area contributed by atoms with Gasteiger partial charge in [0.25, 0.3) is 0 Å². The van der Waals surface area contributed by atoms with Gasteiger partial charge in [0.15, 0.2) is 0 Å². The Morgan fingerprint density at radius 3 is 2.67 bits per heavy atom. The van der Waals surface area contributed by atoms with Gasteiger partial charge in [-0.1, -0.05) is 39.7 Å². The molecular formula is C11H7BrClFS. The van der Waals surface area contributed by atoms with Crippen LogP contribution in [0.5, 0.6) is 0 Å². The van der Waals surface area contributed by atoms with Gasteiger partial charge in [0.1, 0.15) is 5.82 Å². The van der Waals surface area contributed by atoms with E-state index in [1.807, 2.05) is 18.2 Å². The largest absolute Gasteiger partial charge is 0.207 e. The first-order valence-electron chi connectivity index (χ1n) is 4.31. The molecule has 1 unspecified atom stereocenters. The molecule has 15 heavy (non-hydrogen) atoms. The predicted octanol–water partition coefficient (Wildman–Crippen LogP) is 5.02. The lowest BCUT2D eigenvalue weighted by Crippen LogP contribution is -1.89. The number of rotatable bonds is 2. The molecule has 0 aliphatic heterocycles. The number of alkyl halides is 1. The zero-order chi connectivity index (χ0) is 10.8. The maximum Gasteiger partial charge on any atom is 0.123 e. The van der Waals surface area contributed by atoms with Gasteiger partial charge >= 0.3 is 0 Å². The van der Waals surface area contributed by atoms with Crippen molar-refractivity contribution in [2.75, 3.05) is 0 Å². The minimum atomic E-state index is -0.223. The van der Waals surface area contributed by atoms with E-state index in [2.05, 4.69) is 15.9 Å². The van der Waals surface area contributed by atoms with Crippen LogP contribution in [0.2, 0.25) is 4.34 Å². The van der Waals surface area contributed by atoms with Crippen molar-refractivity contribution in [3.8, 4) is 0 Å². The van der Waals surface area contributed by atoms with Crippen LogP contribution in [0.1, 0.15) is 15.3 Å². The fraction of sp³-hybridized carbons (Fsp3) is 0.0909. The second-order valence-corrected chi connectivity index (χ2v) is 5.72. The highest BCUT2D eigenvalue weighted by molar-refractivity contribution is 9.09. The van der Waals surface area contributed by atoms with Crippen molar-refractivity contribution in [2.45, 2.75) is 4.83 Å². The van der Waals surface area contributed by atoms with Crippen LogP contribution in [0.4, 0.5) is 4.39 Å². The highest BCUT2D eigenvalue weighted by Gasteiger charge is 2.12. The average Bonchev–Trinajstić information content (AvgIpc) is 2.64. The maximum atomic E-state index is 13.0. The molecule has 2 rings (SSSR count). The van der Waals surface area contributed by atoms with E-state index in [0.29, 0.717) is 0 Å². The Morgan fingerprint density at radius 1 is 1.27 bits per heavy atom. The molecule has 0 nitrogen and oxygen atoms in total. The molecule has 2 aromatic rings. The SMILES string of the molecule is Fc1cccc(C(Br)c2ccc(Cl)s2)c1. The Balaban J connectivity index is 2.32. The lowest BCUT2D eigenvalue weighted by molar-refractivity contribution is 0.626. The van der Waals surface area contributed by atoms with Gasteiger partial charge in [-0.25, -0.2) is 4.39 Å². The van der Waals surface area contributed by atoms with E-state index in [9.17, 15) is 4.39 Å². The van der Waals surface area contributed by atoms with E-state index >= 15 is 0 Å². The number of hydrogen-bond acceptors (Lipinski definition) is 1. The molecule has 0 saturated carbocycles. The van der Waals surface area contributed by atoms with E-state index in [1.54, 1.807) is 6.07 Å². The number of hydrogen-bond donors (Lipinski definition) is 0. The summed E-state index contributed by atoms with van der Waals surface area (Å²) in [6.07, 6.45) is 0. The highest BCUT2D eigenvalue weighted by atomic mass is 79.9. The molecule has 1 aromatic carbocycles. The van der Waals surface area contributed by atoms with E-state index in [-0.39, 0.29) is 10.6 Å². The zero-order valence-corrected chi connectivity index (χ0v) is 10.7. The summed E-state index contributed by atoms with van der Waals surface area (Å²) < 4.78 is 13.7. The second-order valence-electron chi connectivity index (χ2n) is 3.06. The summed E-state index contributed by atoms with van der Waals surface area (Å²) in [7, 11) is 0. The number of halogens is 3. The monoisotopic (exact) mass is 304 g/mol. The van der Waals surface area contributed by atoms with Gasteiger partial charge in [-0.05, 0) is 29.8 Å². The molecule has 0 aliphatic carbocycles. The third kappa shape index (κ3) is 2.60. The Kier molecular flexibility index (Phi) is 3.44. The molecular weight excluding hydrogens is 299 g/mol. The van der Waals surface area contributed by atoms with Crippen molar-refractivity contribution in [3.05, 3.63) is 57.0 Å². The normalized spacial score (nSPS) is 12.7. The summed E-state index contributed by atoms with van der Waals surface area (Å²) in [6, 6.07) is 10.3. The standard InChI is InChI=1S/C11H7BrClFS/c12-11(9-4-5-10(13)15-9)7-2-1-3-8(14)6-7/h1-6,11H. The fourth-order valence-electron chi connectivity index (χ4n) is 1.29. The van der Waals surface area contributed by atoms with Gasteiger partial charge in [-0.2, -0.15) is 0 Å². The molecule has 1 heterocycles. The molecule has 4 heteroatoms. The molecule has 1 aromatic heterocycles. The third-order valence-corrected chi connectivity index (χ3v) is 4.61. The Morgan fingerprint density at radius 2 is 2.07 bits per heavy atom. The fourth-order valence-corrected chi connectivity index (χ4v) is 3.08. The molecule has 0 radical (unpaired) electrons. The van der Waals surface area contributed by atoms with Crippen LogP contribution in [0, 0.1) is 5.82 Å². The maximum absolute atomic E-state index is 13.0. The van der Waals surface area contributed by atoms with Gasteiger partial charge in [0.2, 0.25) is 0 Å². The average molecular weight is 306 g/mol. The zero-order valence-electron chi connectivity index (χ0n) is 7.58. The predicted molar refractivity (Wildman–Crippen MR) is 66.5 cm³/mol. The summed E-state index contributed by atoms with van der Waals surface area (Å²) in [5, 5.41) is 0. The molecule has 0 saturated heterocycles. The molecule has 0 aliphatic rings. The Labute approximate surface area is 105 Å². The van der Waals surface area contributed by atoms with E-state index < -0.39 is 0 Å². The number of benzene rings is 1. The molecule has 1 atom stereocenters. The molecule has 0 N–H and O–H groups in total. The molecule has 0 amide bonds. The van der Waals surface area contributed by atoms with Crippen LogP contribution in [-0.4, -0.2) is 0 Å². The topological polar surface area (TPSA) is 0 Å². The van der Waals surface area contributed by atoms with Crippen LogP contribution in [0.15, 0.2) is 36.4 Å². The van der Waals surface area contributed by atoms with Gasteiger partial charge < -0.3 is 0 Å². The summed E-state index contributed by atoms with van der Waals surface area (Å²) in [6.45, 7) is 0. The summed E-state index contributed by atoms with van der Waals surface area (Å²) in [5.41, 5.74) is 0.897. The van der Waals surface area contributed by atoms with Crippen LogP contribution in [-0.2, 0) is 0 Å². The van der Waals surface area contributed by atoms with Gasteiger partial charge in [-0.3, -0.25) is 0 Å². The highest BCUT2D eigenvalue weighted by Crippen LogP contribution is 2.36. The van der Waals surface area contributed by atoms with E-state index in [0.717, 1.165) is 14.8 Å². The van der Waals surface area contributed by atoms with Crippen molar-refractivity contribution < 1.29 is 4.39 Å². The first-order valence-corrected chi connectivity index (χ1v) is 6.42. The first kappa shape index (κ1) is 11.1. The minimum Gasteiger partial charge on any atom is -0.207 e. The first-order chi connectivity index (χ1) is 7.16. The third-order valence-electron chi connectivity index (χ3n) is 1.99. The van der Waals surface area contributed by atoms with E-state index in [4.69, 9.17) is 11.6 Å². The molecule has 0 fully saturated rings. The van der Waals surface area contributed by atoms with Crippen molar-refractivity contribution >= 4 is 38.9 Å². The molecule has 78 valence electrons. The van der Waals surface area contributed by atoms with Crippen molar-refractivity contribution in [1.82, 2.24) is 0 Å². The lowest BCUT2D eigenvalue weighted by Gasteiger charge is -2.07. The Hall–Kier alpha value is -0.380. The van der Waals surface area contributed by atoms with Gasteiger partial charge in [-0.15, -0.1) is 11.3 Å². The summed E-state index contributed by atoms with van der Waals surface area (Å²) in [5.74, 6) is -0.223. The van der Waals surface area contributed by atoms with Crippen LogP contribution < -0.4 is 0 Å². The quantitative estimate of drug-likeness (QED) is 0.683. The summed E-state index contributed by atoms with van der Waals surface area (Å²) in [4.78, 5) is 1.08. The molecule has 0 spiro atoms. The van der Waals surface area contributed by atoms with E-state index in [1.165, 1.54) is 23.5 Å². The summed E-state index contributed by atoms with van der Waals surface area (Å²) >= 11 is 10.9. The van der Waals surface area contributed by atoms with Crippen molar-refractivity contribution in [1.29, 1.82) is 0 Å². The number of thiophene rings is 1. The smallest absolute Gasteiger partial charge is 0.123 e. The second kappa shape index (κ2) is 4.64. The van der Waals surface area contributed by atoms with Crippen molar-refractivity contribution in [2.24, 2.45) is 0 Å². The van der Waals surface area contributed by atoms with Crippen LogP contribution in [0.3, 0.4) is 0 Å². The van der Waals surface area contributed by atoms with Crippen molar-refractivity contribution in [3.63, 3.8) is 0 Å². The van der Waals surface area contributed by atoms with Gasteiger partial charge in [0, 0.05) is 4.88 Å². The minimum absolute atomic E-state index is 0.00528. The van der Waals surface area contributed by atoms with Crippen LogP contribution >= 0.6 is 38.9 Å². The van der Waals surface area contributed by atoms with Gasteiger partial charge in [0.05, 0.1) is 9.16 Å².